The molecule has 0 bridgehead atoms. The number of carbonyl (C=O) groups excluding carboxylic acids is 3. The van der Waals surface area contributed by atoms with Crippen LogP contribution in [0, 0.1) is 18.4 Å². The summed E-state index contributed by atoms with van der Waals surface area (Å²) in [5, 5.41) is 5.43. The third kappa shape index (κ3) is 7.59. The molecular weight excluding hydrogens is 641 g/mol. The second-order valence-electron chi connectivity index (χ2n) is 12.5. The van der Waals surface area contributed by atoms with E-state index in [1.165, 1.54) is 11.0 Å². The fraction of sp³-hybridized carbons (Fsp3) is 0.243. The van der Waals surface area contributed by atoms with E-state index in [2.05, 4.69) is 41.1 Å². The van der Waals surface area contributed by atoms with Gasteiger partial charge in [0.05, 0.1) is 27.8 Å². The van der Waals surface area contributed by atoms with Gasteiger partial charge in [0.25, 0.3) is 0 Å². The monoisotopic (exact) mass is 674 g/mol. The smallest absolute Gasteiger partial charge is 0.338 e. The van der Waals surface area contributed by atoms with E-state index in [1.807, 2.05) is 6.92 Å². The van der Waals surface area contributed by atoms with Crippen LogP contribution in [-0.4, -0.2) is 70.6 Å². The number of aryl methyl sites for hydroxylation is 1. The summed E-state index contributed by atoms with van der Waals surface area (Å²) in [4.78, 5) is 49.0. The second-order valence-corrected chi connectivity index (χ2v) is 17.2. The zero-order chi connectivity index (χ0) is 34.5. The topological polar surface area (TPSA) is 132 Å². The largest absolute Gasteiger partial charge is 0.459 e. The number of ether oxygens (including phenoxy) is 4. The molecule has 1 aliphatic heterocycles. The summed E-state index contributed by atoms with van der Waals surface area (Å²) in [5.41, 5.74) is 5.69. The number of fused-ring (bicyclic) bond motifs is 1. The highest BCUT2D eigenvalue weighted by Crippen LogP contribution is 2.37. The van der Waals surface area contributed by atoms with Gasteiger partial charge in [-0.25, -0.2) is 29.0 Å². The minimum absolute atomic E-state index is 0.274. The number of esters is 3. The maximum atomic E-state index is 13.6. The van der Waals surface area contributed by atoms with Crippen LogP contribution in [0.5, 0.6) is 0 Å². The van der Waals surface area contributed by atoms with Gasteiger partial charge in [0.15, 0.2) is 24.1 Å². The molecule has 3 heterocycles. The standard InChI is InChI=1S/C37H34N4O7Si/c1-24-30-28(20-21-49(2,3)4)40-41(33(30)39-23-38-24)34-32(48-37(44)27-18-12-7-13-19-27)31(47-36(43)26-16-10-6-11-17-26)29(46-34)22-45-35(42)25-14-8-5-9-15-25/h5-19,23,29,31-32,34H,22H2,1-4H3/t29-,31-,32-,34-/m1/s1. The zero-order valence-corrected chi connectivity index (χ0v) is 28.4. The number of aromatic nitrogens is 4. The van der Waals surface area contributed by atoms with Crippen LogP contribution in [0.4, 0.5) is 0 Å². The molecule has 0 N–H and O–H groups in total. The third-order valence-corrected chi connectivity index (χ3v) is 8.53. The number of benzene rings is 3. The molecule has 4 atom stereocenters. The van der Waals surface area contributed by atoms with E-state index in [0.29, 0.717) is 28.0 Å². The first-order valence-corrected chi connectivity index (χ1v) is 19.2. The van der Waals surface area contributed by atoms with Crippen LogP contribution in [0.25, 0.3) is 11.0 Å². The maximum Gasteiger partial charge on any atom is 0.338 e. The van der Waals surface area contributed by atoms with Gasteiger partial charge < -0.3 is 18.9 Å². The normalized spacial score (nSPS) is 18.7. The zero-order valence-electron chi connectivity index (χ0n) is 27.4. The summed E-state index contributed by atoms with van der Waals surface area (Å²) in [6.45, 7) is 7.86. The molecule has 0 unspecified atom stereocenters. The molecule has 3 aromatic carbocycles. The molecule has 49 heavy (non-hydrogen) atoms. The number of hydrogen-bond acceptors (Lipinski definition) is 10. The van der Waals surface area contributed by atoms with Crippen LogP contribution < -0.4 is 0 Å². The summed E-state index contributed by atoms with van der Waals surface area (Å²) in [6.07, 6.45) is -3.32. The Kier molecular flexibility index (Phi) is 9.66. The highest BCUT2D eigenvalue weighted by Gasteiger charge is 2.52. The Morgan fingerprint density at radius 2 is 1.31 bits per heavy atom. The van der Waals surface area contributed by atoms with Crippen molar-refractivity contribution >= 4 is 37.0 Å². The number of nitrogens with zero attached hydrogens (tertiary/aromatic N) is 4. The predicted molar refractivity (Wildman–Crippen MR) is 182 cm³/mol. The maximum absolute atomic E-state index is 13.6. The molecule has 2 aromatic heterocycles. The SMILES string of the molecule is Cc1ncnc2c1c(C#C[Si](C)(C)C)nn2[C@@H]1O[C@H](COC(=O)c2ccccc2)[C@@H](OC(=O)c2ccccc2)[C@H]1OC(=O)c1ccccc1. The van der Waals surface area contributed by atoms with Crippen molar-refractivity contribution in [3.05, 3.63) is 125 Å². The molecule has 0 spiro atoms. The van der Waals surface area contributed by atoms with E-state index in [0.717, 1.165) is 0 Å². The van der Waals surface area contributed by atoms with Crippen molar-refractivity contribution in [2.24, 2.45) is 0 Å². The molecule has 6 rings (SSSR count). The fourth-order valence-corrected chi connectivity index (χ4v) is 5.78. The van der Waals surface area contributed by atoms with Crippen molar-refractivity contribution in [1.29, 1.82) is 0 Å². The minimum Gasteiger partial charge on any atom is -0.459 e. The molecule has 12 heteroatoms. The Morgan fingerprint density at radius 1 is 0.776 bits per heavy atom. The summed E-state index contributed by atoms with van der Waals surface area (Å²) in [6, 6.07) is 25.3. The lowest BCUT2D eigenvalue weighted by molar-refractivity contribution is -0.0654. The quantitative estimate of drug-likeness (QED) is 0.0891. The number of rotatable bonds is 8. The molecule has 5 aromatic rings. The summed E-state index contributed by atoms with van der Waals surface area (Å²) < 4.78 is 25.8. The van der Waals surface area contributed by atoms with E-state index in [1.54, 1.807) is 91.0 Å². The van der Waals surface area contributed by atoms with Crippen molar-refractivity contribution in [3.8, 4) is 11.5 Å². The summed E-state index contributed by atoms with van der Waals surface area (Å²) in [7, 11) is -1.82. The lowest BCUT2D eigenvalue weighted by Gasteiger charge is -2.24. The molecule has 0 aliphatic carbocycles. The molecule has 11 nitrogen and oxygen atoms in total. The van der Waals surface area contributed by atoms with Crippen LogP contribution >= 0.6 is 0 Å². The van der Waals surface area contributed by atoms with Gasteiger partial charge >= 0.3 is 17.9 Å². The van der Waals surface area contributed by atoms with Crippen molar-refractivity contribution in [1.82, 2.24) is 19.7 Å². The van der Waals surface area contributed by atoms with E-state index < -0.39 is 50.5 Å². The number of carbonyl (C=O) groups is 3. The Bertz CT molecular complexity index is 2040. The van der Waals surface area contributed by atoms with Crippen molar-refractivity contribution < 1.29 is 33.3 Å². The number of hydrogen-bond donors (Lipinski definition) is 0. The lowest BCUT2D eigenvalue weighted by atomic mass is 10.1. The van der Waals surface area contributed by atoms with Crippen LogP contribution in [0.2, 0.25) is 19.6 Å². The molecule has 1 fully saturated rings. The summed E-state index contributed by atoms with van der Waals surface area (Å²) in [5.74, 6) is 1.25. The highest BCUT2D eigenvalue weighted by atomic mass is 28.3. The molecule has 248 valence electrons. The van der Waals surface area contributed by atoms with Gasteiger partial charge in [-0.1, -0.05) is 80.2 Å². The fourth-order valence-electron chi connectivity index (χ4n) is 5.28. The first kappa shape index (κ1) is 33.3. The van der Waals surface area contributed by atoms with Gasteiger partial charge in [-0.3, -0.25) is 0 Å². The highest BCUT2D eigenvalue weighted by molar-refractivity contribution is 6.83. The Balaban J connectivity index is 1.44. The Labute approximate surface area is 284 Å². The molecule has 0 amide bonds. The third-order valence-electron chi connectivity index (χ3n) is 7.65. The first-order valence-electron chi connectivity index (χ1n) is 15.7. The van der Waals surface area contributed by atoms with Crippen molar-refractivity contribution in [2.75, 3.05) is 6.61 Å². The molecule has 0 saturated carbocycles. The van der Waals surface area contributed by atoms with Gasteiger partial charge in [-0.2, -0.15) is 5.10 Å². The lowest BCUT2D eigenvalue weighted by Crippen LogP contribution is -2.41. The van der Waals surface area contributed by atoms with Crippen molar-refractivity contribution in [3.63, 3.8) is 0 Å². The predicted octanol–water partition coefficient (Wildman–Crippen LogP) is 5.57. The van der Waals surface area contributed by atoms with Gasteiger partial charge in [0.2, 0.25) is 0 Å². The van der Waals surface area contributed by atoms with Crippen LogP contribution in [0.1, 0.15) is 48.7 Å². The van der Waals surface area contributed by atoms with E-state index in [9.17, 15) is 14.4 Å². The Morgan fingerprint density at radius 3 is 1.86 bits per heavy atom. The van der Waals surface area contributed by atoms with Gasteiger partial charge in [-0.05, 0) is 43.3 Å². The average Bonchev–Trinajstić information content (AvgIpc) is 3.65. The molecule has 1 saturated heterocycles. The van der Waals surface area contributed by atoms with Gasteiger partial charge in [-0.15, -0.1) is 5.54 Å². The molecule has 0 radical (unpaired) electrons. The minimum atomic E-state index is -1.82. The van der Waals surface area contributed by atoms with Crippen LogP contribution in [0.15, 0.2) is 97.3 Å². The molecular formula is C37H34N4O7Si. The summed E-state index contributed by atoms with van der Waals surface area (Å²) >= 11 is 0. The van der Waals surface area contributed by atoms with E-state index in [4.69, 9.17) is 24.0 Å². The van der Waals surface area contributed by atoms with Gasteiger partial charge in [0.1, 0.15) is 32.8 Å². The molecule has 1 aliphatic rings. The van der Waals surface area contributed by atoms with E-state index >= 15 is 0 Å². The van der Waals surface area contributed by atoms with Crippen LogP contribution in [0.3, 0.4) is 0 Å². The van der Waals surface area contributed by atoms with Crippen molar-refractivity contribution in [2.45, 2.75) is 51.1 Å². The first-order chi connectivity index (χ1) is 23.6. The van der Waals surface area contributed by atoms with E-state index in [-0.39, 0.29) is 17.7 Å². The van der Waals surface area contributed by atoms with Gasteiger partial charge in [0, 0.05) is 0 Å². The second kappa shape index (κ2) is 14.2. The average molecular weight is 675 g/mol. The Hall–Kier alpha value is -5.64. The van der Waals surface area contributed by atoms with Crippen LogP contribution in [-0.2, 0) is 18.9 Å².